The zero-order valence-electron chi connectivity index (χ0n) is 10.5. The summed E-state index contributed by atoms with van der Waals surface area (Å²) in [5.74, 6) is -0.224. The summed E-state index contributed by atoms with van der Waals surface area (Å²) in [7, 11) is 0. The Morgan fingerprint density at radius 2 is 2.28 bits per heavy atom. The predicted octanol–water partition coefficient (Wildman–Crippen LogP) is 4.04. The second kappa shape index (κ2) is 5.10. The third-order valence-electron chi connectivity index (χ3n) is 3.02. The van der Waals surface area contributed by atoms with Crippen LogP contribution in [0.5, 0.6) is 0 Å². The van der Waals surface area contributed by atoms with Crippen LogP contribution in [0.2, 0.25) is 0 Å². The molecule has 1 aromatic carbocycles. The number of benzene rings is 1. The topological polar surface area (TPSA) is 53.7 Å². The van der Waals surface area contributed by atoms with E-state index in [1.807, 2.05) is 24.6 Å². The highest BCUT2D eigenvalue weighted by Gasteiger charge is 2.10. The van der Waals surface area contributed by atoms with Crippen molar-refractivity contribution in [3.8, 4) is 0 Å². The average Bonchev–Trinajstić information content (AvgIpc) is 2.67. The van der Waals surface area contributed by atoms with E-state index in [1.54, 1.807) is 12.1 Å². The standard InChI is InChI=1S/C13H15FN4/c1-3-10-8-18(7-9(2)16-17-15)13-5-4-11(14)6-12(10)13/h4-6,8-9H,3,7H2,1-2H3. The zero-order valence-corrected chi connectivity index (χ0v) is 10.5. The molecule has 1 heterocycles. The van der Waals surface area contributed by atoms with E-state index in [4.69, 9.17) is 5.53 Å². The van der Waals surface area contributed by atoms with Gasteiger partial charge in [0, 0.05) is 28.6 Å². The van der Waals surface area contributed by atoms with Crippen LogP contribution in [-0.4, -0.2) is 10.6 Å². The highest BCUT2D eigenvalue weighted by molar-refractivity contribution is 5.84. The van der Waals surface area contributed by atoms with Gasteiger partial charge in [0.2, 0.25) is 0 Å². The number of fused-ring (bicyclic) bond motifs is 1. The Labute approximate surface area is 105 Å². The molecule has 1 atom stereocenters. The van der Waals surface area contributed by atoms with E-state index < -0.39 is 0 Å². The van der Waals surface area contributed by atoms with Crippen molar-refractivity contribution in [1.29, 1.82) is 0 Å². The van der Waals surface area contributed by atoms with Crippen molar-refractivity contribution in [2.75, 3.05) is 0 Å². The Bertz CT molecular complexity index is 611. The highest BCUT2D eigenvalue weighted by Crippen LogP contribution is 2.23. The van der Waals surface area contributed by atoms with Gasteiger partial charge in [0.15, 0.2) is 0 Å². The van der Waals surface area contributed by atoms with Gasteiger partial charge in [0.1, 0.15) is 5.82 Å². The molecular weight excluding hydrogens is 231 g/mol. The van der Waals surface area contributed by atoms with Gasteiger partial charge in [-0.15, -0.1) is 0 Å². The van der Waals surface area contributed by atoms with Gasteiger partial charge in [-0.05, 0) is 35.7 Å². The molecule has 0 aliphatic carbocycles. The smallest absolute Gasteiger partial charge is 0.123 e. The van der Waals surface area contributed by atoms with E-state index in [9.17, 15) is 4.39 Å². The fraction of sp³-hybridized carbons (Fsp3) is 0.385. The van der Waals surface area contributed by atoms with Crippen LogP contribution in [0.1, 0.15) is 19.4 Å². The number of azide groups is 1. The lowest BCUT2D eigenvalue weighted by Crippen LogP contribution is -2.08. The summed E-state index contributed by atoms with van der Waals surface area (Å²) in [5.41, 5.74) is 10.5. The maximum atomic E-state index is 13.3. The summed E-state index contributed by atoms with van der Waals surface area (Å²) in [4.78, 5) is 2.80. The maximum absolute atomic E-state index is 13.3. The Kier molecular flexibility index (Phi) is 3.53. The van der Waals surface area contributed by atoms with Crippen LogP contribution >= 0.6 is 0 Å². The number of aryl methyl sites for hydroxylation is 1. The largest absolute Gasteiger partial charge is 0.347 e. The lowest BCUT2D eigenvalue weighted by Gasteiger charge is -2.07. The molecule has 0 saturated carbocycles. The molecule has 0 spiro atoms. The average molecular weight is 246 g/mol. The third-order valence-corrected chi connectivity index (χ3v) is 3.02. The molecule has 5 heteroatoms. The predicted molar refractivity (Wildman–Crippen MR) is 69.9 cm³/mol. The minimum absolute atomic E-state index is 0.125. The number of aromatic nitrogens is 1. The quantitative estimate of drug-likeness (QED) is 0.444. The van der Waals surface area contributed by atoms with E-state index in [2.05, 4.69) is 10.0 Å². The molecule has 2 rings (SSSR count). The number of hydrogen-bond donors (Lipinski definition) is 0. The second-order valence-corrected chi connectivity index (χ2v) is 4.38. The normalized spacial score (nSPS) is 12.4. The molecule has 0 aliphatic heterocycles. The van der Waals surface area contributed by atoms with Crippen LogP contribution in [-0.2, 0) is 13.0 Å². The molecule has 0 N–H and O–H groups in total. The summed E-state index contributed by atoms with van der Waals surface area (Å²) in [5, 5.41) is 4.60. The van der Waals surface area contributed by atoms with Gasteiger partial charge < -0.3 is 4.57 Å². The van der Waals surface area contributed by atoms with E-state index in [-0.39, 0.29) is 11.9 Å². The van der Waals surface area contributed by atoms with Crippen molar-refractivity contribution in [3.63, 3.8) is 0 Å². The first-order valence-electron chi connectivity index (χ1n) is 5.97. The first-order chi connectivity index (χ1) is 8.65. The molecule has 18 heavy (non-hydrogen) atoms. The molecule has 94 valence electrons. The molecule has 1 unspecified atom stereocenters. The number of rotatable bonds is 4. The molecule has 2 aromatic rings. The van der Waals surface area contributed by atoms with Crippen molar-refractivity contribution in [1.82, 2.24) is 4.57 Å². The van der Waals surface area contributed by atoms with Crippen molar-refractivity contribution < 1.29 is 4.39 Å². The van der Waals surface area contributed by atoms with Crippen LogP contribution in [0.3, 0.4) is 0 Å². The highest BCUT2D eigenvalue weighted by atomic mass is 19.1. The van der Waals surface area contributed by atoms with Gasteiger partial charge in [-0.1, -0.05) is 19.0 Å². The van der Waals surface area contributed by atoms with E-state index in [0.29, 0.717) is 6.54 Å². The Balaban J connectivity index is 2.48. The van der Waals surface area contributed by atoms with Crippen LogP contribution in [0.25, 0.3) is 21.3 Å². The summed E-state index contributed by atoms with van der Waals surface area (Å²) >= 11 is 0. The zero-order chi connectivity index (χ0) is 13.1. The first kappa shape index (κ1) is 12.5. The Morgan fingerprint density at radius 3 is 2.94 bits per heavy atom. The summed E-state index contributed by atoms with van der Waals surface area (Å²) < 4.78 is 15.3. The summed E-state index contributed by atoms with van der Waals surface area (Å²) in [6, 6.07) is 4.66. The number of nitrogens with zero attached hydrogens (tertiary/aromatic N) is 4. The third kappa shape index (κ3) is 2.31. The molecule has 0 amide bonds. The van der Waals surface area contributed by atoms with Crippen molar-refractivity contribution >= 4 is 10.9 Å². The van der Waals surface area contributed by atoms with Gasteiger partial charge in [0.25, 0.3) is 0 Å². The van der Waals surface area contributed by atoms with E-state index >= 15 is 0 Å². The van der Waals surface area contributed by atoms with Gasteiger partial charge in [-0.25, -0.2) is 4.39 Å². The molecule has 4 nitrogen and oxygen atoms in total. The van der Waals surface area contributed by atoms with Crippen LogP contribution < -0.4 is 0 Å². The van der Waals surface area contributed by atoms with Gasteiger partial charge in [-0.2, -0.15) is 0 Å². The lowest BCUT2D eigenvalue weighted by atomic mass is 10.1. The molecule has 0 fully saturated rings. The fourth-order valence-corrected chi connectivity index (χ4v) is 2.19. The van der Waals surface area contributed by atoms with Gasteiger partial charge >= 0.3 is 0 Å². The van der Waals surface area contributed by atoms with Crippen LogP contribution in [0.4, 0.5) is 4.39 Å². The van der Waals surface area contributed by atoms with Crippen molar-refractivity contribution in [2.45, 2.75) is 32.9 Å². The monoisotopic (exact) mass is 246 g/mol. The Morgan fingerprint density at radius 1 is 1.50 bits per heavy atom. The first-order valence-corrected chi connectivity index (χ1v) is 5.97. The maximum Gasteiger partial charge on any atom is 0.123 e. The minimum atomic E-state index is -0.224. The van der Waals surface area contributed by atoms with Crippen molar-refractivity contribution in [3.05, 3.63) is 46.2 Å². The fourth-order valence-electron chi connectivity index (χ4n) is 2.19. The van der Waals surface area contributed by atoms with Gasteiger partial charge in [0.05, 0.1) is 6.04 Å². The van der Waals surface area contributed by atoms with Crippen LogP contribution in [0.15, 0.2) is 29.5 Å². The SMILES string of the molecule is CCc1cn(CC(C)N=[N+]=[N-])c2ccc(F)cc12. The summed E-state index contributed by atoms with van der Waals surface area (Å²) in [6.07, 6.45) is 2.86. The lowest BCUT2D eigenvalue weighted by molar-refractivity contribution is 0.600. The molecule has 0 bridgehead atoms. The van der Waals surface area contributed by atoms with Crippen molar-refractivity contribution in [2.24, 2.45) is 5.11 Å². The molecular formula is C13H15FN4. The molecule has 0 radical (unpaired) electrons. The van der Waals surface area contributed by atoms with E-state index in [1.165, 1.54) is 6.07 Å². The number of hydrogen-bond acceptors (Lipinski definition) is 1. The van der Waals surface area contributed by atoms with Crippen LogP contribution in [0, 0.1) is 5.82 Å². The second-order valence-electron chi connectivity index (χ2n) is 4.38. The number of halogens is 1. The molecule has 0 aliphatic rings. The van der Waals surface area contributed by atoms with Gasteiger partial charge in [-0.3, -0.25) is 0 Å². The minimum Gasteiger partial charge on any atom is -0.347 e. The van der Waals surface area contributed by atoms with E-state index in [0.717, 1.165) is 22.9 Å². The molecule has 0 saturated heterocycles. The Hall–Kier alpha value is -2.00. The molecule has 1 aromatic heterocycles. The summed E-state index contributed by atoms with van der Waals surface area (Å²) in [6.45, 7) is 4.51.